The molecule has 0 saturated heterocycles. The van der Waals surface area contributed by atoms with Crippen molar-refractivity contribution in [3.05, 3.63) is 58.9 Å². The van der Waals surface area contributed by atoms with Crippen LogP contribution in [0, 0.1) is 16.6 Å². The third-order valence-electron chi connectivity index (χ3n) is 6.34. The summed E-state index contributed by atoms with van der Waals surface area (Å²) in [6, 6.07) is 5.89. The first-order valence-electron chi connectivity index (χ1n) is 11.5. The van der Waals surface area contributed by atoms with Crippen LogP contribution in [0.1, 0.15) is 52.0 Å². The first-order valence-corrected chi connectivity index (χ1v) is 12.3. The lowest BCUT2D eigenvalue weighted by molar-refractivity contribution is -0.150. The van der Waals surface area contributed by atoms with Crippen molar-refractivity contribution in [2.45, 2.75) is 58.5 Å². The van der Waals surface area contributed by atoms with E-state index in [9.17, 15) is 19.1 Å². The number of thioether (sulfide) groups is 1. The molecule has 0 aliphatic heterocycles. The third-order valence-corrected chi connectivity index (χ3v) is 7.25. The number of aliphatic hydroxyl groups excluding tert-OH is 1. The molecular weight excluding hydrogens is 469 g/mol. The number of carbonyl (C=O) groups is 2. The quantitative estimate of drug-likeness (QED) is 0.0757. The van der Waals surface area contributed by atoms with Crippen LogP contribution in [0.15, 0.2) is 47.5 Å². The van der Waals surface area contributed by atoms with Crippen molar-refractivity contribution in [2.75, 3.05) is 13.6 Å². The average Bonchev–Trinajstić information content (AvgIpc) is 3.34. The van der Waals surface area contributed by atoms with E-state index < -0.39 is 11.4 Å². The molecule has 0 heterocycles. The van der Waals surface area contributed by atoms with Crippen LogP contribution in [0.3, 0.4) is 0 Å². The Morgan fingerprint density at radius 2 is 1.77 bits per heavy atom. The molecule has 1 fully saturated rings. The van der Waals surface area contributed by atoms with E-state index in [1.54, 1.807) is 49.1 Å². The standard InChI is InChI=1S/C25H34FN5O3S/c1-5-30(17-33)25(12-6-7-13-25)29(4)31(19(3)22(34)16-32)15-18(2)24(28)35-23(27)14-20-8-10-21(26)11-9-20/h8-11,15-17,27-28,34H,5-7,12-14H2,1-4H3/b18-15+,22-19+,27-23?,28-24?. The molecule has 1 saturated carbocycles. The van der Waals surface area contributed by atoms with Gasteiger partial charge in [0.1, 0.15) is 11.5 Å². The van der Waals surface area contributed by atoms with Crippen LogP contribution in [0.4, 0.5) is 4.39 Å². The summed E-state index contributed by atoms with van der Waals surface area (Å²) in [6.45, 7) is 5.71. The lowest BCUT2D eigenvalue weighted by atomic mass is 10.1. The Labute approximate surface area is 210 Å². The number of rotatable bonds is 11. The minimum Gasteiger partial charge on any atom is -0.503 e. The fraction of sp³-hybridized carbons (Fsp3) is 0.440. The van der Waals surface area contributed by atoms with E-state index in [-0.39, 0.29) is 28.0 Å². The zero-order valence-electron chi connectivity index (χ0n) is 20.7. The van der Waals surface area contributed by atoms with E-state index in [1.807, 2.05) is 11.9 Å². The Bertz CT molecular complexity index is 1000. The first kappa shape index (κ1) is 28.3. The zero-order chi connectivity index (χ0) is 26.2. The SMILES string of the molecule is CCN(C=O)C1(N(C)N(/C=C(\C)C(=N)SC(=N)Cc2ccc(F)cc2)/C(C)=C(/O)C=O)CCCC1. The number of hydrazine groups is 1. The van der Waals surface area contributed by atoms with Crippen LogP contribution >= 0.6 is 11.8 Å². The van der Waals surface area contributed by atoms with Gasteiger partial charge in [0.25, 0.3) is 0 Å². The second-order valence-corrected chi connectivity index (χ2v) is 9.61. The summed E-state index contributed by atoms with van der Waals surface area (Å²) in [5.74, 6) is -0.798. The van der Waals surface area contributed by atoms with Gasteiger partial charge in [-0.15, -0.1) is 0 Å². The van der Waals surface area contributed by atoms with Gasteiger partial charge in [0.05, 0.1) is 15.8 Å². The van der Waals surface area contributed by atoms with Gasteiger partial charge in [-0.2, -0.15) is 5.01 Å². The highest BCUT2D eigenvalue weighted by atomic mass is 32.2. The fourth-order valence-corrected chi connectivity index (χ4v) is 4.98. The molecule has 1 aliphatic carbocycles. The first-order chi connectivity index (χ1) is 16.6. The number of carbonyl (C=O) groups excluding carboxylic acids is 2. The normalized spacial score (nSPS) is 16.0. The molecule has 0 aromatic heterocycles. The molecule has 0 bridgehead atoms. The second kappa shape index (κ2) is 12.6. The lowest BCUT2D eigenvalue weighted by Gasteiger charge is -2.49. The topological polar surface area (TPSA) is 112 Å². The van der Waals surface area contributed by atoms with Crippen LogP contribution in [-0.2, 0) is 16.0 Å². The Morgan fingerprint density at radius 1 is 1.17 bits per heavy atom. The summed E-state index contributed by atoms with van der Waals surface area (Å²) in [5.41, 5.74) is 0.897. The van der Waals surface area contributed by atoms with E-state index in [4.69, 9.17) is 10.8 Å². The molecule has 0 spiro atoms. The predicted octanol–water partition coefficient (Wildman–Crippen LogP) is 4.85. The fourth-order valence-electron chi connectivity index (χ4n) is 4.29. The lowest BCUT2D eigenvalue weighted by Crippen LogP contribution is -2.61. The van der Waals surface area contributed by atoms with Gasteiger partial charge in [-0.05, 0) is 69.7 Å². The molecule has 35 heavy (non-hydrogen) atoms. The van der Waals surface area contributed by atoms with Gasteiger partial charge < -0.3 is 10.0 Å². The van der Waals surface area contributed by atoms with Crippen molar-refractivity contribution < 1.29 is 19.1 Å². The summed E-state index contributed by atoms with van der Waals surface area (Å²) in [4.78, 5) is 25.0. The van der Waals surface area contributed by atoms with Crippen LogP contribution in [0.25, 0.3) is 0 Å². The number of benzene rings is 1. The van der Waals surface area contributed by atoms with Gasteiger partial charge in [-0.3, -0.25) is 25.4 Å². The van der Waals surface area contributed by atoms with Crippen molar-refractivity contribution in [2.24, 2.45) is 0 Å². The molecule has 3 N–H and O–H groups in total. The summed E-state index contributed by atoms with van der Waals surface area (Å²) in [5, 5.41) is 30.8. The van der Waals surface area contributed by atoms with Crippen molar-refractivity contribution in [1.82, 2.24) is 14.9 Å². The summed E-state index contributed by atoms with van der Waals surface area (Å²) in [7, 11) is 1.80. The predicted molar refractivity (Wildman–Crippen MR) is 138 cm³/mol. The molecule has 1 aliphatic rings. The second-order valence-electron chi connectivity index (χ2n) is 8.51. The summed E-state index contributed by atoms with van der Waals surface area (Å²) < 4.78 is 13.1. The number of allylic oxidation sites excluding steroid dienone is 2. The molecule has 8 nitrogen and oxygen atoms in total. The van der Waals surface area contributed by atoms with Gasteiger partial charge in [-0.1, -0.05) is 23.9 Å². The van der Waals surface area contributed by atoms with E-state index >= 15 is 0 Å². The van der Waals surface area contributed by atoms with Crippen molar-refractivity contribution in [1.29, 1.82) is 10.8 Å². The van der Waals surface area contributed by atoms with Crippen molar-refractivity contribution >= 4 is 34.5 Å². The van der Waals surface area contributed by atoms with Gasteiger partial charge in [-0.25, -0.2) is 4.39 Å². The number of aldehydes is 1. The molecule has 0 atom stereocenters. The molecular formula is C25H34FN5O3S. The molecule has 1 amide bonds. The zero-order valence-corrected chi connectivity index (χ0v) is 21.5. The maximum absolute atomic E-state index is 13.1. The minimum absolute atomic E-state index is 0.122. The molecule has 0 radical (unpaired) electrons. The number of halogens is 1. The number of hydrogen-bond donors (Lipinski definition) is 3. The highest BCUT2D eigenvalue weighted by Gasteiger charge is 2.44. The van der Waals surface area contributed by atoms with E-state index in [2.05, 4.69) is 0 Å². The number of aliphatic hydroxyl groups is 1. The molecule has 2 rings (SSSR count). The third kappa shape index (κ3) is 6.79. The van der Waals surface area contributed by atoms with Gasteiger partial charge >= 0.3 is 0 Å². The van der Waals surface area contributed by atoms with Gasteiger partial charge in [0.15, 0.2) is 12.0 Å². The highest BCUT2D eigenvalue weighted by Crippen LogP contribution is 2.39. The Morgan fingerprint density at radius 3 is 2.29 bits per heavy atom. The maximum Gasteiger partial charge on any atom is 0.211 e. The monoisotopic (exact) mass is 503 g/mol. The van der Waals surface area contributed by atoms with Crippen LogP contribution in [0.2, 0.25) is 0 Å². The molecule has 10 heteroatoms. The van der Waals surface area contributed by atoms with E-state index in [1.165, 1.54) is 12.1 Å². The highest BCUT2D eigenvalue weighted by molar-refractivity contribution is 8.26. The summed E-state index contributed by atoms with van der Waals surface area (Å²) in [6.07, 6.45) is 6.39. The van der Waals surface area contributed by atoms with Gasteiger partial charge in [0, 0.05) is 26.2 Å². The Kier molecular flexibility index (Phi) is 10.2. The number of nitrogens with zero attached hydrogens (tertiary/aromatic N) is 3. The number of hydrogen-bond acceptors (Lipinski definition) is 8. The Balaban J connectivity index is 2.32. The van der Waals surface area contributed by atoms with Crippen LogP contribution in [0.5, 0.6) is 0 Å². The van der Waals surface area contributed by atoms with Gasteiger partial charge in [0.2, 0.25) is 6.41 Å². The van der Waals surface area contributed by atoms with E-state index in [0.29, 0.717) is 18.4 Å². The Hall–Kier alpha value is -2.98. The number of amides is 1. The largest absolute Gasteiger partial charge is 0.503 e. The smallest absolute Gasteiger partial charge is 0.211 e. The van der Waals surface area contributed by atoms with E-state index in [0.717, 1.165) is 49.4 Å². The molecule has 1 aromatic rings. The molecule has 1 aromatic carbocycles. The number of nitrogens with one attached hydrogen (secondary N) is 2. The molecule has 190 valence electrons. The van der Waals surface area contributed by atoms with Crippen molar-refractivity contribution in [3.63, 3.8) is 0 Å². The maximum atomic E-state index is 13.1. The summed E-state index contributed by atoms with van der Waals surface area (Å²) >= 11 is 0.978. The minimum atomic E-state index is -0.637. The van der Waals surface area contributed by atoms with Crippen molar-refractivity contribution in [3.8, 4) is 0 Å². The average molecular weight is 504 g/mol. The molecule has 0 unspecified atom stereocenters. The van der Waals surface area contributed by atoms with Crippen LogP contribution in [-0.4, -0.2) is 62.1 Å². The van der Waals surface area contributed by atoms with Crippen LogP contribution < -0.4 is 0 Å².